The van der Waals surface area contributed by atoms with E-state index in [1.807, 2.05) is 30.3 Å². The molecule has 0 aliphatic carbocycles. The number of esters is 1. The third-order valence-electron chi connectivity index (χ3n) is 3.27. The molecule has 0 aliphatic heterocycles. The average Bonchev–Trinajstić information content (AvgIpc) is 2.55. The van der Waals surface area contributed by atoms with Crippen LogP contribution >= 0.6 is 0 Å². The minimum absolute atomic E-state index is 0.190. The van der Waals surface area contributed by atoms with E-state index in [4.69, 9.17) is 14.2 Å². The molecule has 0 heterocycles. The molecular formula is C16H25NO4. The van der Waals surface area contributed by atoms with Crippen molar-refractivity contribution in [2.75, 3.05) is 40.6 Å². The fraction of sp³-hybridized carbons (Fsp3) is 0.562. The zero-order valence-corrected chi connectivity index (χ0v) is 13.1. The lowest BCUT2D eigenvalue weighted by Gasteiger charge is -2.30. The lowest BCUT2D eigenvalue weighted by Crippen LogP contribution is -2.52. The highest BCUT2D eigenvalue weighted by atomic mass is 16.5. The van der Waals surface area contributed by atoms with Gasteiger partial charge in [-0.2, -0.15) is 0 Å². The number of carbonyl (C=O) groups is 1. The summed E-state index contributed by atoms with van der Waals surface area (Å²) in [6.45, 7) is 3.92. The highest BCUT2D eigenvalue weighted by Crippen LogP contribution is 2.23. The number of rotatable bonds is 10. The van der Waals surface area contributed by atoms with Crippen molar-refractivity contribution >= 4 is 5.97 Å². The van der Waals surface area contributed by atoms with Crippen molar-refractivity contribution in [2.24, 2.45) is 0 Å². The summed E-state index contributed by atoms with van der Waals surface area (Å²) in [7, 11) is 3.10. The van der Waals surface area contributed by atoms with Crippen LogP contribution in [0, 0.1) is 0 Å². The summed E-state index contributed by atoms with van der Waals surface area (Å²) >= 11 is 0. The number of carbonyl (C=O) groups excluding carboxylic acids is 1. The first-order valence-corrected chi connectivity index (χ1v) is 7.19. The number of methoxy groups -OCH3 is 1. The minimum atomic E-state index is -0.999. The predicted molar refractivity (Wildman–Crippen MR) is 81.1 cm³/mol. The maximum Gasteiger partial charge on any atom is 0.333 e. The zero-order chi connectivity index (χ0) is 15.6. The molecule has 5 heteroatoms. The molecule has 5 nitrogen and oxygen atoms in total. The van der Waals surface area contributed by atoms with E-state index >= 15 is 0 Å². The first kappa shape index (κ1) is 17.6. The van der Waals surface area contributed by atoms with Gasteiger partial charge in [0.1, 0.15) is 0 Å². The van der Waals surface area contributed by atoms with E-state index in [9.17, 15) is 4.79 Å². The fourth-order valence-electron chi connectivity index (χ4n) is 2.07. The van der Waals surface area contributed by atoms with Crippen molar-refractivity contribution < 1.29 is 19.0 Å². The van der Waals surface area contributed by atoms with Gasteiger partial charge in [0.05, 0.1) is 26.9 Å². The number of hydrogen-bond acceptors (Lipinski definition) is 5. The molecule has 1 rings (SSSR count). The topological polar surface area (TPSA) is 56.8 Å². The summed E-state index contributed by atoms with van der Waals surface area (Å²) < 4.78 is 15.9. The van der Waals surface area contributed by atoms with Crippen LogP contribution in [0.1, 0.15) is 18.9 Å². The van der Waals surface area contributed by atoms with Gasteiger partial charge < -0.3 is 14.2 Å². The molecule has 1 atom stereocenters. The van der Waals surface area contributed by atoms with E-state index in [0.717, 1.165) is 18.6 Å². The van der Waals surface area contributed by atoms with Gasteiger partial charge in [-0.1, -0.05) is 37.3 Å². The summed E-state index contributed by atoms with van der Waals surface area (Å²) in [5, 5.41) is 3.04. The summed E-state index contributed by atoms with van der Waals surface area (Å²) in [5.41, 5.74) is -0.186. The molecule has 1 unspecified atom stereocenters. The van der Waals surface area contributed by atoms with Crippen LogP contribution in [0.5, 0.6) is 0 Å². The second-order valence-corrected chi connectivity index (χ2v) is 4.68. The first-order valence-electron chi connectivity index (χ1n) is 7.19. The van der Waals surface area contributed by atoms with Gasteiger partial charge >= 0.3 is 5.97 Å². The molecule has 1 aromatic rings. The number of nitrogens with one attached hydrogen (secondary N) is 1. The Bertz CT molecular complexity index is 410. The largest absolute Gasteiger partial charge is 0.467 e. The monoisotopic (exact) mass is 295 g/mol. The third-order valence-corrected chi connectivity index (χ3v) is 3.27. The van der Waals surface area contributed by atoms with E-state index in [1.165, 1.54) is 7.11 Å². The summed E-state index contributed by atoms with van der Waals surface area (Å²) in [4.78, 5) is 12.2. The fourth-order valence-corrected chi connectivity index (χ4v) is 2.07. The van der Waals surface area contributed by atoms with Crippen LogP contribution in [-0.2, 0) is 24.5 Å². The van der Waals surface area contributed by atoms with Crippen molar-refractivity contribution in [3.63, 3.8) is 0 Å². The molecule has 21 heavy (non-hydrogen) atoms. The summed E-state index contributed by atoms with van der Waals surface area (Å²) in [6, 6.07) is 9.43. The SMILES string of the molecule is CCCOCCOCC(NC)(C(=O)OC)c1ccccc1. The zero-order valence-electron chi connectivity index (χ0n) is 13.1. The normalized spacial score (nSPS) is 13.7. The Balaban J connectivity index is 2.71. The number of benzene rings is 1. The molecule has 0 aliphatic rings. The average molecular weight is 295 g/mol. The van der Waals surface area contributed by atoms with Crippen LogP contribution in [-0.4, -0.2) is 46.6 Å². The molecule has 0 amide bonds. The van der Waals surface area contributed by atoms with Gasteiger partial charge in [0, 0.05) is 6.61 Å². The Labute approximate surface area is 126 Å². The van der Waals surface area contributed by atoms with E-state index < -0.39 is 5.54 Å². The standard InChI is InChI=1S/C16H25NO4/c1-4-10-20-11-12-21-13-16(17-2,15(18)19-3)14-8-6-5-7-9-14/h5-9,17H,4,10-13H2,1-3H3. The van der Waals surface area contributed by atoms with Crippen LogP contribution < -0.4 is 5.32 Å². The molecule has 0 saturated carbocycles. The van der Waals surface area contributed by atoms with Crippen LogP contribution in [0.3, 0.4) is 0 Å². The number of likely N-dealkylation sites (N-methyl/N-ethyl adjacent to an activating group) is 1. The third kappa shape index (κ3) is 4.81. The second kappa shape index (κ2) is 9.50. The van der Waals surface area contributed by atoms with Crippen molar-refractivity contribution in [1.29, 1.82) is 0 Å². The molecule has 0 bridgehead atoms. The Morgan fingerprint density at radius 3 is 2.38 bits per heavy atom. The van der Waals surface area contributed by atoms with Gasteiger partial charge in [0.15, 0.2) is 5.54 Å². The van der Waals surface area contributed by atoms with Crippen molar-refractivity contribution in [2.45, 2.75) is 18.9 Å². The minimum Gasteiger partial charge on any atom is -0.467 e. The highest BCUT2D eigenvalue weighted by molar-refractivity contribution is 5.82. The molecule has 0 saturated heterocycles. The van der Waals surface area contributed by atoms with Gasteiger partial charge in [0.2, 0.25) is 0 Å². The Hall–Kier alpha value is -1.43. The maximum atomic E-state index is 12.2. The second-order valence-electron chi connectivity index (χ2n) is 4.68. The highest BCUT2D eigenvalue weighted by Gasteiger charge is 2.40. The van der Waals surface area contributed by atoms with Gasteiger partial charge in [-0.25, -0.2) is 4.79 Å². The summed E-state index contributed by atoms with van der Waals surface area (Å²) in [5.74, 6) is -0.370. The van der Waals surface area contributed by atoms with Crippen LogP contribution in [0.25, 0.3) is 0 Å². The lowest BCUT2D eigenvalue weighted by molar-refractivity contribution is -0.152. The van der Waals surface area contributed by atoms with Crippen LogP contribution in [0.2, 0.25) is 0 Å². The molecule has 0 radical (unpaired) electrons. The van der Waals surface area contributed by atoms with Crippen molar-refractivity contribution in [3.05, 3.63) is 35.9 Å². The molecule has 0 fully saturated rings. The van der Waals surface area contributed by atoms with Gasteiger partial charge in [-0.05, 0) is 19.0 Å². The van der Waals surface area contributed by atoms with Gasteiger partial charge in [0.25, 0.3) is 0 Å². The first-order chi connectivity index (χ1) is 10.2. The quantitative estimate of drug-likeness (QED) is 0.526. The Kier molecular flexibility index (Phi) is 7.97. The molecule has 1 N–H and O–H groups in total. The lowest BCUT2D eigenvalue weighted by atomic mass is 9.91. The Morgan fingerprint density at radius 1 is 1.14 bits per heavy atom. The molecule has 118 valence electrons. The summed E-state index contributed by atoms with van der Waals surface area (Å²) in [6.07, 6.45) is 0.979. The van der Waals surface area contributed by atoms with E-state index in [-0.39, 0.29) is 12.6 Å². The maximum absolute atomic E-state index is 12.2. The van der Waals surface area contributed by atoms with Gasteiger partial charge in [-0.3, -0.25) is 5.32 Å². The van der Waals surface area contributed by atoms with E-state index in [0.29, 0.717) is 13.2 Å². The molecule has 0 spiro atoms. The van der Waals surface area contributed by atoms with E-state index in [1.54, 1.807) is 7.05 Å². The molecule has 0 aromatic heterocycles. The Morgan fingerprint density at radius 2 is 1.81 bits per heavy atom. The van der Waals surface area contributed by atoms with Crippen LogP contribution in [0.4, 0.5) is 0 Å². The number of ether oxygens (including phenoxy) is 3. The predicted octanol–water partition coefficient (Wildman–Crippen LogP) is 1.72. The van der Waals surface area contributed by atoms with Crippen LogP contribution in [0.15, 0.2) is 30.3 Å². The van der Waals surface area contributed by atoms with Crippen molar-refractivity contribution in [1.82, 2.24) is 5.32 Å². The van der Waals surface area contributed by atoms with E-state index in [2.05, 4.69) is 12.2 Å². The number of hydrogen-bond donors (Lipinski definition) is 1. The molecule has 1 aromatic carbocycles. The molecular weight excluding hydrogens is 270 g/mol. The van der Waals surface area contributed by atoms with Crippen molar-refractivity contribution in [3.8, 4) is 0 Å². The van der Waals surface area contributed by atoms with Gasteiger partial charge in [-0.15, -0.1) is 0 Å². The smallest absolute Gasteiger partial charge is 0.333 e.